The smallest absolute Gasteiger partial charge is 0.397 e. The fourth-order valence-corrected chi connectivity index (χ4v) is 2.76. The van der Waals surface area contributed by atoms with E-state index in [2.05, 4.69) is 25.1 Å². The third-order valence-corrected chi connectivity index (χ3v) is 3.84. The molecule has 1 aromatic carbocycles. The number of nitrogens with one attached hydrogen (secondary N) is 1. The van der Waals surface area contributed by atoms with E-state index in [9.17, 15) is 0 Å². The van der Waals surface area contributed by atoms with Crippen molar-refractivity contribution in [1.82, 2.24) is 14.8 Å². The highest BCUT2D eigenvalue weighted by atomic mass is 16.9. The number of anilines is 1. The average molecular weight is 341 g/mol. The summed E-state index contributed by atoms with van der Waals surface area (Å²) in [6, 6.07) is 9.14. The molecule has 0 aliphatic carbocycles. The molecule has 0 fully saturated rings. The number of aromatic nitrogens is 3. The number of pyridine rings is 1. The predicted octanol–water partition coefficient (Wildman–Crippen LogP) is 0.308. The highest BCUT2D eigenvalue weighted by Gasteiger charge is 2.25. The predicted molar refractivity (Wildman–Crippen MR) is 88.8 cm³/mol. The maximum Gasteiger partial charge on any atom is 0.454 e. The van der Waals surface area contributed by atoms with Gasteiger partial charge in [0.1, 0.15) is 5.69 Å². The number of nitrogens with zero attached hydrogens (tertiary/aromatic N) is 4. The molecule has 1 aliphatic rings. The number of ether oxygens (including phenoxy) is 1. The van der Waals surface area contributed by atoms with Gasteiger partial charge in [-0.15, -0.1) is 5.10 Å². The molecule has 3 aromatic rings. The number of aryl methyl sites for hydroxylation is 1. The average Bonchev–Trinajstić information content (AvgIpc) is 3.08. The number of benzene rings is 1. The molecule has 0 saturated heterocycles. The lowest BCUT2D eigenvalue weighted by Crippen LogP contribution is -2.34. The van der Waals surface area contributed by atoms with Crippen LogP contribution in [0.1, 0.15) is 11.3 Å². The van der Waals surface area contributed by atoms with Crippen LogP contribution in [0.15, 0.2) is 41.5 Å². The van der Waals surface area contributed by atoms with Crippen molar-refractivity contribution >= 4 is 22.4 Å². The molecule has 25 heavy (non-hydrogen) atoms. The molecule has 1 aliphatic heterocycles. The van der Waals surface area contributed by atoms with Crippen LogP contribution in [0.2, 0.25) is 0 Å². The van der Waals surface area contributed by atoms with Crippen molar-refractivity contribution in [3.05, 3.63) is 47.8 Å². The van der Waals surface area contributed by atoms with Gasteiger partial charge in [0.05, 0.1) is 17.4 Å². The number of hydrogen-bond donors (Lipinski definition) is 4. The second kappa shape index (κ2) is 5.52. The second-order valence-electron chi connectivity index (χ2n) is 5.64. The lowest BCUT2D eigenvalue weighted by Gasteiger charge is -2.13. The van der Waals surface area contributed by atoms with E-state index in [1.165, 1.54) is 4.68 Å². The van der Waals surface area contributed by atoms with E-state index in [4.69, 9.17) is 15.3 Å². The number of rotatable bonds is 3. The van der Waals surface area contributed by atoms with Crippen LogP contribution in [0, 0.1) is 0 Å². The number of aliphatic hydroxyl groups is 3. The highest BCUT2D eigenvalue weighted by Crippen LogP contribution is 2.29. The zero-order valence-electron chi connectivity index (χ0n) is 13.2. The van der Waals surface area contributed by atoms with Gasteiger partial charge in [-0.2, -0.15) is 0 Å². The molecule has 2 aromatic heterocycles. The first-order chi connectivity index (χ1) is 11.9. The minimum atomic E-state index is -3.29. The van der Waals surface area contributed by atoms with Gasteiger partial charge in [0, 0.05) is 24.5 Å². The van der Waals surface area contributed by atoms with Crippen molar-refractivity contribution in [2.75, 3.05) is 5.32 Å². The number of fused-ring (bicyclic) bond motifs is 2. The van der Waals surface area contributed by atoms with E-state index < -0.39 is 6.16 Å². The fraction of sp³-hybridized carbons (Fsp3) is 0.188. The normalized spacial score (nSPS) is 13.7. The maximum absolute atomic E-state index is 8.98. The summed E-state index contributed by atoms with van der Waals surface area (Å²) < 4.78 is 6.14. The molecule has 0 saturated carbocycles. The molecule has 4 rings (SSSR count). The molecular formula is C16H15N5O4. The van der Waals surface area contributed by atoms with Gasteiger partial charge in [-0.25, -0.2) is 0 Å². The molecule has 0 atom stereocenters. The van der Waals surface area contributed by atoms with Gasteiger partial charge in [0.2, 0.25) is 5.88 Å². The first-order valence-corrected chi connectivity index (χ1v) is 7.49. The second-order valence-corrected chi connectivity index (χ2v) is 5.64. The Morgan fingerprint density at radius 2 is 2.08 bits per heavy atom. The molecule has 9 heteroatoms. The van der Waals surface area contributed by atoms with Crippen molar-refractivity contribution in [2.24, 2.45) is 12.0 Å². The summed E-state index contributed by atoms with van der Waals surface area (Å²) in [5.74, 6) is 0.593. The highest BCUT2D eigenvalue weighted by molar-refractivity contribution is 6.09. The Morgan fingerprint density at radius 3 is 2.88 bits per heavy atom. The van der Waals surface area contributed by atoms with Crippen molar-refractivity contribution in [2.45, 2.75) is 12.7 Å². The Morgan fingerprint density at radius 1 is 1.24 bits per heavy atom. The van der Waals surface area contributed by atoms with E-state index in [0.29, 0.717) is 23.3 Å². The molecule has 3 heterocycles. The fourth-order valence-electron chi connectivity index (χ4n) is 2.76. The Bertz CT molecular complexity index is 990. The number of aliphatic imine (C=N–C) groups is 1. The summed E-state index contributed by atoms with van der Waals surface area (Å²) in [5.41, 5.74) is 3.32. The molecular weight excluding hydrogens is 326 g/mol. The first-order valence-electron chi connectivity index (χ1n) is 7.49. The largest absolute Gasteiger partial charge is 0.454 e. The molecule has 4 N–H and O–H groups in total. The van der Waals surface area contributed by atoms with E-state index >= 15 is 0 Å². The minimum absolute atomic E-state index is 0.0956. The summed E-state index contributed by atoms with van der Waals surface area (Å²) in [7, 11) is 1.68. The Kier molecular flexibility index (Phi) is 3.42. The molecule has 0 bridgehead atoms. The Hall–Kier alpha value is -3.01. The number of hydrogen-bond acceptors (Lipinski definition) is 8. The summed E-state index contributed by atoms with van der Waals surface area (Å²) >= 11 is 0. The van der Waals surface area contributed by atoms with Crippen LogP contribution in [0.25, 0.3) is 10.9 Å². The standard InChI is InChI=1S/C16H15N5O4/c1-21-12-7-10(4-5-11(12)15(20-21)25-16(22,23)24)19-14-13-9(8-18-14)3-2-6-17-13/h2-7,22-24H,8H2,1H3,(H,18,19). The summed E-state index contributed by atoms with van der Waals surface area (Å²) in [6.45, 7) is 0.586. The van der Waals surface area contributed by atoms with Crippen molar-refractivity contribution < 1.29 is 20.1 Å². The van der Waals surface area contributed by atoms with Crippen molar-refractivity contribution in [3.63, 3.8) is 0 Å². The lowest BCUT2D eigenvalue weighted by molar-refractivity contribution is -0.420. The third kappa shape index (κ3) is 2.91. The monoisotopic (exact) mass is 341 g/mol. The SMILES string of the molecule is Cn1nc(OC(O)(O)O)c2ccc(NC3=NCc4cccnc43)cc21. The van der Waals surface area contributed by atoms with Crippen LogP contribution in [0.3, 0.4) is 0 Å². The topological polar surface area (TPSA) is 125 Å². The van der Waals surface area contributed by atoms with Crippen LogP contribution < -0.4 is 10.1 Å². The zero-order valence-corrected chi connectivity index (χ0v) is 13.2. The van der Waals surface area contributed by atoms with Crippen LogP contribution in [0.4, 0.5) is 5.69 Å². The maximum atomic E-state index is 8.98. The van der Waals surface area contributed by atoms with Crippen LogP contribution in [-0.2, 0) is 13.6 Å². The molecule has 0 spiro atoms. The summed E-state index contributed by atoms with van der Waals surface area (Å²) in [4.78, 5) is 8.80. The lowest BCUT2D eigenvalue weighted by atomic mass is 10.2. The van der Waals surface area contributed by atoms with Gasteiger partial charge in [-0.3, -0.25) is 14.7 Å². The number of amidine groups is 1. The van der Waals surface area contributed by atoms with E-state index in [1.807, 2.05) is 18.2 Å². The summed E-state index contributed by atoms with van der Waals surface area (Å²) in [6.07, 6.45) is -1.56. The molecule has 0 amide bonds. The van der Waals surface area contributed by atoms with Gasteiger partial charge in [-0.1, -0.05) is 6.07 Å². The molecule has 9 nitrogen and oxygen atoms in total. The van der Waals surface area contributed by atoms with Crippen molar-refractivity contribution in [1.29, 1.82) is 0 Å². The van der Waals surface area contributed by atoms with E-state index in [0.717, 1.165) is 16.9 Å². The van der Waals surface area contributed by atoms with Gasteiger partial charge in [0.25, 0.3) is 0 Å². The molecule has 0 unspecified atom stereocenters. The van der Waals surface area contributed by atoms with Gasteiger partial charge >= 0.3 is 6.16 Å². The molecule has 0 radical (unpaired) electrons. The van der Waals surface area contributed by atoms with Crippen LogP contribution in [-0.4, -0.2) is 42.1 Å². The van der Waals surface area contributed by atoms with Crippen molar-refractivity contribution in [3.8, 4) is 5.88 Å². The van der Waals surface area contributed by atoms with Crippen LogP contribution in [0.5, 0.6) is 5.88 Å². The van der Waals surface area contributed by atoms with Gasteiger partial charge in [-0.05, 0) is 24.3 Å². The Labute approximate surface area is 141 Å². The summed E-state index contributed by atoms with van der Waals surface area (Å²) in [5, 5.41) is 34.7. The van der Waals surface area contributed by atoms with E-state index in [-0.39, 0.29) is 5.88 Å². The van der Waals surface area contributed by atoms with Gasteiger partial charge < -0.3 is 25.4 Å². The zero-order chi connectivity index (χ0) is 17.6. The minimum Gasteiger partial charge on any atom is -0.397 e. The quantitative estimate of drug-likeness (QED) is 0.505. The van der Waals surface area contributed by atoms with Gasteiger partial charge in [0.15, 0.2) is 5.84 Å². The first kappa shape index (κ1) is 15.5. The van der Waals surface area contributed by atoms with E-state index in [1.54, 1.807) is 25.4 Å². The van der Waals surface area contributed by atoms with Crippen LogP contribution >= 0.6 is 0 Å². The third-order valence-electron chi connectivity index (χ3n) is 3.84. The Balaban J connectivity index is 1.66. The molecule has 128 valence electrons.